The maximum Gasteiger partial charge on any atom is 0.272 e. The molecule has 1 N–H and O–H groups in total. The van der Waals surface area contributed by atoms with Gasteiger partial charge in [-0.1, -0.05) is 30.3 Å². The van der Waals surface area contributed by atoms with E-state index in [9.17, 15) is 4.79 Å². The van der Waals surface area contributed by atoms with Crippen molar-refractivity contribution >= 4 is 11.7 Å². The number of rotatable bonds is 5. The van der Waals surface area contributed by atoms with Gasteiger partial charge in [0.25, 0.3) is 5.91 Å². The molecule has 0 saturated carbocycles. The van der Waals surface area contributed by atoms with Gasteiger partial charge in [0.15, 0.2) is 0 Å². The highest BCUT2D eigenvalue weighted by atomic mass is 16.5. The molecule has 0 radical (unpaired) electrons. The molecule has 4 aromatic rings. The van der Waals surface area contributed by atoms with Gasteiger partial charge in [-0.25, -0.2) is 9.97 Å². The third kappa shape index (κ3) is 4.41. The van der Waals surface area contributed by atoms with Crippen molar-refractivity contribution in [1.29, 1.82) is 0 Å². The molecule has 8 heteroatoms. The number of methoxy groups -OCH3 is 1. The zero-order chi connectivity index (χ0) is 22.6. The maximum atomic E-state index is 13.0. The summed E-state index contributed by atoms with van der Waals surface area (Å²) in [6, 6.07) is 21.4. The lowest BCUT2D eigenvalue weighted by Crippen LogP contribution is -2.49. The fourth-order valence-corrected chi connectivity index (χ4v) is 3.94. The van der Waals surface area contributed by atoms with E-state index in [4.69, 9.17) is 4.74 Å². The van der Waals surface area contributed by atoms with Crippen molar-refractivity contribution < 1.29 is 9.53 Å². The van der Waals surface area contributed by atoms with E-state index in [1.165, 1.54) is 0 Å². The van der Waals surface area contributed by atoms with Crippen LogP contribution in [0.3, 0.4) is 0 Å². The van der Waals surface area contributed by atoms with E-state index in [0.717, 1.165) is 34.1 Å². The number of benzene rings is 2. The molecule has 166 valence electrons. The summed E-state index contributed by atoms with van der Waals surface area (Å²) in [5.41, 5.74) is 4.11. The molecule has 3 heterocycles. The number of ether oxygens (including phenoxy) is 1. The first-order valence-corrected chi connectivity index (χ1v) is 10.8. The van der Waals surface area contributed by atoms with Crippen LogP contribution in [0.4, 0.5) is 5.82 Å². The van der Waals surface area contributed by atoms with Crippen molar-refractivity contribution in [3.05, 3.63) is 78.8 Å². The minimum atomic E-state index is -0.0362. The quantitative estimate of drug-likeness (QED) is 0.511. The van der Waals surface area contributed by atoms with Crippen molar-refractivity contribution in [3.8, 4) is 28.3 Å². The molecule has 2 aromatic carbocycles. The molecule has 0 bridgehead atoms. The lowest BCUT2D eigenvalue weighted by Gasteiger charge is -2.35. The van der Waals surface area contributed by atoms with Gasteiger partial charge in [0, 0.05) is 43.4 Å². The number of H-pyrrole nitrogens is 1. The molecule has 2 aromatic heterocycles. The molecular weight excluding hydrogens is 416 g/mol. The minimum absolute atomic E-state index is 0.0362. The van der Waals surface area contributed by atoms with Crippen LogP contribution in [0, 0.1) is 0 Å². The Balaban J connectivity index is 1.24. The Morgan fingerprint density at radius 2 is 1.61 bits per heavy atom. The summed E-state index contributed by atoms with van der Waals surface area (Å²) in [7, 11) is 1.65. The first-order chi connectivity index (χ1) is 16.2. The van der Waals surface area contributed by atoms with E-state index in [0.29, 0.717) is 31.9 Å². The number of amides is 1. The number of anilines is 1. The number of hydrogen-bond acceptors (Lipinski definition) is 6. The van der Waals surface area contributed by atoms with E-state index in [1.54, 1.807) is 13.4 Å². The number of carbonyl (C=O) groups excluding carboxylic acids is 1. The third-order valence-corrected chi connectivity index (χ3v) is 5.81. The molecule has 1 amide bonds. The second kappa shape index (κ2) is 9.12. The molecule has 1 aliphatic rings. The first-order valence-electron chi connectivity index (χ1n) is 10.8. The van der Waals surface area contributed by atoms with Crippen LogP contribution >= 0.6 is 0 Å². The molecule has 5 rings (SSSR count). The summed E-state index contributed by atoms with van der Waals surface area (Å²) in [5, 5.41) is 7.20. The predicted molar refractivity (Wildman–Crippen MR) is 126 cm³/mol. The average Bonchev–Trinajstić information content (AvgIpc) is 3.39. The highest BCUT2D eigenvalue weighted by molar-refractivity contribution is 5.93. The van der Waals surface area contributed by atoms with Gasteiger partial charge in [0.1, 0.15) is 23.6 Å². The number of nitrogens with one attached hydrogen (secondary N) is 1. The van der Waals surface area contributed by atoms with Crippen molar-refractivity contribution in [2.45, 2.75) is 0 Å². The van der Waals surface area contributed by atoms with Crippen LogP contribution in [-0.2, 0) is 0 Å². The molecule has 1 saturated heterocycles. The Kier molecular flexibility index (Phi) is 5.72. The normalized spacial score (nSPS) is 13.7. The molecule has 0 spiro atoms. The zero-order valence-electron chi connectivity index (χ0n) is 18.3. The van der Waals surface area contributed by atoms with Crippen LogP contribution < -0.4 is 9.64 Å². The lowest BCUT2D eigenvalue weighted by molar-refractivity contribution is 0.0740. The van der Waals surface area contributed by atoms with Crippen molar-refractivity contribution in [3.63, 3.8) is 0 Å². The van der Waals surface area contributed by atoms with Crippen molar-refractivity contribution in [2.24, 2.45) is 0 Å². The summed E-state index contributed by atoms with van der Waals surface area (Å²) in [6.07, 6.45) is 1.59. The van der Waals surface area contributed by atoms with Gasteiger partial charge in [-0.2, -0.15) is 5.10 Å². The zero-order valence-corrected chi connectivity index (χ0v) is 18.3. The fraction of sp³-hybridized carbons (Fsp3) is 0.200. The maximum absolute atomic E-state index is 13.0. The minimum Gasteiger partial charge on any atom is -0.497 e. The summed E-state index contributed by atoms with van der Waals surface area (Å²) in [5.74, 6) is 1.63. The Hall–Kier alpha value is -4.20. The van der Waals surface area contributed by atoms with Gasteiger partial charge in [0.2, 0.25) is 0 Å². The van der Waals surface area contributed by atoms with Gasteiger partial charge in [-0.3, -0.25) is 9.89 Å². The highest BCUT2D eigenvalue weighted by Crippen LogP contribution is 2.24. The average molecular weight is 441 g/mol. The summed E-state index contributed by atoms with van der Waals surface area (Å²) in [6.45, 7) is 2.62. The first kappa shape index (κ1) is 20.7. The summed E-state index contributed by atoms with van der Waals surface area (Å²) >= 11 is 0. The Morgan fingerprint density at radius 3 is 2.33 bits per heavy atom. The van der Waals surface area contributed by atoms with E-state index >= 15 is 0 Å². The number of carbonyl (C=O) groups is 1. The van der Waals surface area contributed by atoms with Gasteiger partial charge >= 0.3 is 0 Å². The molecule has 1 fully saturated rings. The molecule has 0 unspecified atom stereocenters. The van der Waals surface area contributed by atoms with Gasteiger partial charge < -0.3 is 14.5 Å². The second-order valence-corrected chi connectivity index (χ2v) is 7.80. The van der Waals surface area contributed by atoms with Crippen LogP contribution in [0.25, 0.3) is 22.5 Å². The van der Waals surface area contributed by atoms with Crippen LogP contribution in [0.2, 0.25) is 0 Å². The fourth-order valence-electron chi connectivity index (χ4n) is 3.94. The summed E-state index contributed by atoms with van der Waals surface area (Å²) in [4.78, 5) is 25.9. The Labute approximate surface area is 191 Å². The van der Waals surface area contributed by atoms with Crippen LogP contribution in [-0.4, -0.2) is 64.3 Å². The standard InChI is InChI=1S/C25H24N6O2/c1-33-20-9-7-19(8-10-20)21-16-24(27-17-26-21)30-11-13-31(14-12-30)25(32)23-15-22(28-29-23)18-5-3-2-4-6-18/h2-10,15-17H,11-14H2,1H3,(H,28,29). The predicted octanol–water partition coefficient (Wildman–Crippen LogP) is 3.50. The topological polar surface area (TPSA) is 87.2 Å². The monoisotopic (exact) mass is 440 g/mol. The molecule has 33 heavy (non-hydrogen) atoms. The van der Waals surface area contributed by atoms with E-state index in [2.05, 4.69) is 25.1 Å². The Morgan fingerprint density at radius 1 is 0.879 bits per heavy atom. The number of aromatic nitrogens is 4. The highest BCUT2D eigenvalue weighted by Gasteiger charge is 2.24. The van der Waals surface area contributed by atoms with E-state index in [1.807, 2.05) is 71.6 Å². The van der Waals surface area contributed by atoms with Crippen molar-refractivity contribution in [1.82, 2.24) is 25.1 Å². The van der Waals surface area contributed by atoms with Crippen LogP contribution in [0.1, 0.15) is 10.5 Å². The van der Waals surface area contributed by atoms with Crippen LogP contribution in [0.5, 0.6) is 5.75 Å². The SMILES string of the molecule is COc1ccc(-c2cc(N3CCN(C(=O)c4cc(-c5ccccc5)n[nH]4)CC3)ncn2)cc1. The van der Waals surface area contributed by atoms with E-state index in [-0.39, 0.29) is 5.91 Å². The Bertz CT molecular complexity index is 1230. The summed E-state index contributed by atoms with van der Waals surface area (Å²) < 4.78 is 5.23. The van der Waals surface area contributed by atoms with E-state index < -0.39 is 0 Å². The van der Waals surface area contributed by atoms with Crippen LogP contribution in [0.15, 0.2) is 73.1 Å². The van der Waals surface area contributed by atoms with Gasteiger partial charge in [0.05, 0.1) is 18.5 Å². The number of piperazine rings is 1. The lowest BCUT2D eigenvalue weighted by atomic mass is 10.1. The van der Waals surface area contributed by atoms with Gasteiger partial charge in [-0.15, -0.1) is 0 Å². The molecule has 0 aliphatic carbocycles. The molecule has 1 aliphatic heterocycles. The number of hydrogen-bond donors (Lipinski definition) is 1. The van der Waals surface area contributed by atoms with Crippen molar-refractivity contribution in [2.75, 3.05) is 38.2 Å². The smallest absolute Gasteiger partial charge is 0.272 e. The second-order valence-electron chi connectivity index (χ2n) is 7.80. The molecule has 8 nitrogen and oxygen atoms in total. The molecular formula is C25H24N6O2. The third-order valence-electron chi connectivity index (χ3n) is 5.81. The number of aromatic amines is 1. The number of nitrogens with zero attached hydrogens (tertiary/aromatic N) is 5. The largest absolute Gasteiger partial charge is 0.497 e. The van der Waals surface area contributed by atoms with Gasteiger partial charge in [-0.05, 0) is 30.3 Å². The molecule has 0 atom stereocenters.